The van der Waals surface area contributed by atoms with Crippen LogP contribution in [0.4, 0.5) is 17.3 Å². The predicted molar refractivity (Wildman–Crippen MR) is 160 cm³/mol. The number of aryl methyl sites for hydroxylation is 1. The van der Waals surface area contributed by atoms with Crippen molar-refractivity contribution in [1.29, 1.82) is 0 Å². The molecule has 0 amide bonds. The van der Waals surface area contributed by atoms with Crippen molar-refractivity contribution in [3.05, 3.63) is 82.7 Å². The Bertz CT molecular complexity index is 1870. The van der Waals surface area contributed by atoms with Gasteiger partial charge in [-0.2, -0.15) is 9.97 Å². The monoisotopic (exact) mass is 562 g/mol. The van der Waals surface area contributed by atoms with Crippen molar-refractivity contribution in [2.45, 2.75) is 13.5 Å². The zero-order valence-corrected chi connectivity index (χ0v) is 23.4. The number of methoxy groups -OCH3 is 1. The van der Waals surface area contributed by atoms with Crippen LogP contribution in [0.2, 0.25) is 0 Å². The fourth-order valence-corrected chi connectivity index (χ4v) is 5.49. The van der Waals surface area contributed by atoms with E-state index < -0.39 is 0 Å². The number of benzene rings is 1. The molecule has 2 N–H and O–H groups in total. The number of nitrogens with one attached hydrogen (secondary N) is 2. The number of piperazine rings is 1. The quantitative estimate of drug-likeness (QED) is 0.332. The van der Waals surface area contributed by atoms with Gasteiger partial charge in [0.25, 0.3) is 11.2 Å². The number of pyridine rings is 2. The number of aromatic nitrogens is 6. The van der Waals surface area contributed by atoms with Gasteiger partial charge in [0.1, 0.15) is 28.8 Å². The van der Waals surface area contributed by atoms with E-state index in [0.717, 1.165) is 79.1 Å². The molecule has 0 aliphatic carbocycles. The minimum atomic E-state index is -0.128. The summed E-state index contributed by atoms with van der Waals surface area (Å²) in [4.78, 5) is 37.6. The lowest BCUT2D eigenvalue weighted by Crippen LogP contribution is -2.43. The minimum Gasteiger partial charge on any atom is -0.479 e. The summed E-state index contributed by atoms with van der Waals surface area (Å²) in [6.07, 6.45) is 5.12. The van der Waals surface area contributed by atoms with Crippen molar-refractivity contribution in [3.8, 4) is 34.1 Å². The molecule has 0 unspecified atom stereocenters. The average Bonchev–Trinajstić information content (AvgIpc) is 3.53. The molecule has 4 aliphatic heterocycles. The van der Waals surface area contributed by atoms with Crippen molar-refractivity contribution >= 4 is 17.3 Å². The van der Waals surface area contributed by atoms with Crippen LogP contribution in [0.25, 0.3) is 28.2 Å². The van der Waals surface area contributed by atoms with Gasteiger partial charge in [-0.25, -0.2) is 9.98 Å². The number of nitrogens with zero attached hydrogens (tertiary/aromatic N) is 8. The summed E-state index contributed by atoms with van der Waals surface area (Å²) in [6, 6.07) is 13.9. The van der Waals surface area contributed by atoms with Crippen LogP contribution >= 0.6 is 0 Å². The van der Waals surface area contributed by atoms with Gasteiger partial charge in [0.2, 0.25) is 5.88 Å². The molecule has 6 heterocycles. The third kappa shape index (κ3) is 4.65. The van der Waals surface area contributed by atoms with E-state index in [-0.39, 0.29) is 5.56 Å². The Morgan fingerprint density at radius 1 is 0.952 bits per heavy atom. The molecule has 0 bridgehead atoms. The van der Waals surface area contributed by atoms with Crippen LogP contribution in [-0.2, 0) is 6.54 Å². The highest BCUT2D eigenvalue weighted by Crippen LogP contribution is 2.37. The first-order valence-electron chi connectivity index (χ1n) is 13.9. The number of anilines is 2. The Balaban J connectivity index is 1.25. The topological polar surface area (TPSA) is 127 Å². The maximum atomic E-state index is 12.5. The van der Waals surface area contributed by atoms with Crippen LogP contribution in [0.5, 0.6) is 5.88 Å². The molecule has 4 aliphatic rings. The van der Waals surface area contributed by atoms with Gasteiger partial charge in [0.15, 0.2) is 0 Å². The van der Waals surface area contributed by atoms with Crippen LogP contribution in [0, 0.1) is 6.92 Å². The van der Waals surface area contributed by atoms with Crippen LogP contribution < -0.4 is 31.4 Å². The van der Waals surface area contributed by atoms with E-state index in [9.17, 15) is 4.79 Å². The molecule has 0 atom stereocenters. The number of hydrogen-bond donors (Lipinski definition) is 2. The summed E-state index contributed by atoms with van der Waals surface area (Å²) in [5.74, 6) is 3.09. The van der Waals surface area contributed by atoms with E-state index in [1.165, 1.54) is 0 Å². The van der Waals surface area contributed by atoms with E-state index in [4.69, 9.17) is 19.7 Å². The molecule has 12 nitrogen and oxygen atoms in total. The molecular weight excluding hydrogens is 532 g/mol. The molecular formula is C30H30N10O2. The Hall–Kier alpha value is -5.10. The average molecular weight is 563 g/mol. The van der Waals surface area contributed by atoms with Crippen molar-refractivity contribution in [2.24, 2.45) is 4.99 Å². The van der Waals surface area contributed by atoms with Gasteiger partial charge in [-0.05, 0) is 42.8 Å². The molecule has 7 rings (SSSR count). The number of hydrogen-bond acceptors (Lipinski definition) is 10. The molecule has 2 aromatic heterocycles. The van der Waals surface area contributed by atoms with Gasteiger partial charge in [0, 0.05) is 74.7 Å². The van der Waals surface area contributed by atoms with Gasteiger partial charge in [-0.15, -0.1) is 0 Å². The van der Waals surface area contributed by atoms with E-state index in [1.807, 2.05) is 36.4 Å². The van der Waals surface area contributed by atoms with Crippen LogP contribution in [0.15, 0.2) is 70.8 Å². The van der Waals surface area contributed by atoms with Gasteiger partial charge in [-0.1, -0.05) is 12.1 Å². The lowest BCUT2D eigenvalue weighted by Gasteiger charge is -2.28. The minimum absolute atomic E-state index is 0.128. The molecule has 0 radical (unpaired) electrons. The molecule has 0 spiro atoms. The summed E-state index contributed by atoms with van der Waals surface area (Å²) in [5, 5.41) is 6.87. The lowest BCUT2D eigenvalue weighted by atomic mass is 10.0. The highest BCUT2D eigenvalue weighted by Gasteiger charge is 2.22. The first-order valence-corrected chi connectivity index (χ1v) is 13.9. The standard InChI is InChI=1S/C30H30N10O2/c1-19-29(41)39(15-11-32-19)22-5-3-20(4-6-22)23-17-21-18-34-30(37-26(21)40-16-12-33-27(23)40)35-24-7-8-25(36-28(24)42-2)38-13-9-31-10-14-38/h3-8,11,15,17-18,31,33H,9-10,12-14,16H2,1-2H3. The predicted octanol–water partition coefficient (Wildman–Crippen LogP) is 2.38. The molecule has 42 heavy (non-hydrogen) atoms. The molecule has 1 aromatic carbocycles. The van der Waals surface area contributed by atoms with Crippen molar-refractivity contribution in [3.63, 3.8) is 0 Å². The third-order valence-corrected chi connectivity index (χ3v) is 7.64. The molecule has 12 heteroatoms. The smallest absolute Gasteiger partial charge is 0.276 e. The SMILES string of the molecule is COc1nc(N2CCNCC2)ccc1N=c1ncc2cc(-c3ccc(-n4ccnc(C)c4=O)cc3)c3n(c-2n1)CCN3. The van der Waals surface area contributed by atoms with E-state index in [2.05, 4.69) is 36.1 Å². The van der Waals surface area contributed by atoms with Gasteiger partial charge < -0.3 is 24.8 Å². The first kappa shape index (κ1) is 25.8. The molecule has 1 saturated heterocycles. The first-order chi connectivity index (χ1) is 20.6. The fourth-order valence-electron chi connectivity index (χ4n) is 5.49. The number of rotatable bonds is 5. The van der Waals surface area contributed by atoms with Crippen LogP contribution in [0.3, 0.4) is 0 Å². The zero-order chi connectivity index (χ0) is 28.6. The lowest BCUT2D eigenvalue weighted by molar-refractivity contribution is 0.398. The van der Waals surface area contributed by atoms with Crippen molar-refractivity contribution in [1.82, 2.24) is 34.4 Å². The second-order valence-electron chi connectivity index (χ2n) is 10.2. The number of ether oxygens (including phenoxy) is 1. The van der Waals surface area contributed by atoms with Crippen molar-refractivity contribution in [2.75, 3.05) is 50.1 Å². The maximum Gasteiger partial charge on any atom is 0.276 e. The zero-order valence-electron chi connectivity index (χ0n) is 23.4. The van der Waals surface area contributed by atoms with Crippen LogP contribution in [-0.4, -0.2) is 68.9 Å². The van der Waals surface area contributed by atoms with Gasteiger partial charge in [-0.3, -0.25) is 14.3 Å². The van der Waals surface area contributed by atoms with E-state index in [1.54, 1.807) is 37.2 Å². The highest BCUT2D eigenvalue weighted by atomic mass is 16.5. The summed E-state index contributed by atoms with van der Waals surface area (Å²) >= 11 is 0. The summed E-state index contributed by atoms with van der Waals surface area (Å²) in [5.41, 5.74) is 5.00. The maximum absolute atomic E-state index is 12.5. The highest BCUT2D eigenvalue weighted by molar-refractivity contribution is 5.82. The largest absolute Gasteiger partial charge is 0.479 e. The van der Waals surface area contributed by atoms with Gasteiger partial charge in [0.05, 0.1) is 7.11 Å². The molecule has 212 valence electrons. The molecule has 0 saturated carbocycles. The van der Waals surface area contributed by atoms with Gasteiger partial charge >= 0.3 is 0 Å². The summed E-state index contributed by atoms with van der Waals surface area (Å²) in [7, 11) is 1.60. The van der Waals surface area contributed by atoms with Crippen LogP contribution in [0.1, 0.15) is 5.69 Å². The Kier molecular flexibility index (Phi) is 6.59. The second-order valence-corrected chi connectivity index (χ2v) is 10.2. The second kappa shape index (κ2) is 10.7. The van der Waals surface area contributed by atoms with Crippen molar-refractivity contribution < 1.29 is 4.74 Å². The van der Waals surface area contributed by atoms with E-state index >= 15 is 0 Å². The Morgan fingerprint density at radius 2 is 1.79 bits per heavy atom. The summed E-state index contributed by atoms with van der Waals surface area (Å²) < 4.78 is 9.35. The Morgan fingerprint density at radius 3 is 2.60 bits per heavy atom. The molecule has 1 fully saturated rings. The number of fused-ring (bicyclic) bond motifs is 3. The normalized spacial score (nSPS) is 15.1. The third-order valence-electron chi connectivity index (χ3n) is 7.64. The molecule has 3 aromatic rings. The van der Waals surface area contributed by atoms with E-state index in [0.29, 0.717) is 22.9 Å². The fraction of sp³-hybridized carbons (Fsp3) is 0.267. The Labute approximate surface area is 241 Å². The summed E-state index contributed by atoms with van der Waals surface area (Å²) in [6.45, 7) is 6.92.